The van der Waals surface area contributed by atoms with Crippen LogP contribution in [0.3, 0.4) is 0 Å². The van der Waals surface area contributed by atoms with Crippen LogP contribution < -0.4 is 10.9 Å². The molecule has 1 aliphatic heterocycles. The van der Waals surface area contributed by atoms with E-state index in [1.807, 2.05) is 13.0 Å². The smallest absolute Gasteiger partial charge is 0.271 e. The number of aryl methyl sites for hydroxylation is 1. The van der Waals surface area contributed by atoms with Gasteiger partial charge in [0.1, 0.15) is 5.69 Å². The topological polar surface area (TPSA) is 89.2 Å². The third-order valence-corrected chi connectivity index (χ3v) is 4.34. The van der Waals surface area contributed by atoms with Crippen molar-refractivity contribution in [2.75, 3.05) is 20.1 Å². The van der Waals surface area contributed by atoms with Gasteiger partial charge < -0.3 is 14.8 Å². The Hall–Kier alpha value is -2.90. The fourth-order valence-corrected chi connectivity index (χ4v) is 2.85. The SMILES string of the molecule is Cc1cccc(=O)n1CCCNC(=O)c1cc2n(n1)CCN(C)C2=O. The van der Waals surface area contributed by atoms with E-state index < -0.39 is 0 Å². The van der Waals surface area contributed by atoms with Gasteiger partial charge in [0.2, 0.25) is 0 Å². The maximum absolute atomic E-state index is 12.2. The molecule has 0 bridgehead atoms. The van der Waals surface area contributed by atoms with Crippen LogP contribution in [0.25, 0.3) is 0 Å². The molecule has 0 aliphatic carbocycles. The van der Waals surface area contributed by atoms with Gasteiger partial charge in [-0.15, -0.1) is 0 Å². The summed E-state index contributed by atoms with van der Waals surface area (Å²) < 4.78 is 3.25. The molecule has 0 atom stereocenters. The quantitative estimate of drug-likeness (QED) is 0.789. The van der Waals surface area contributed by atoms with Crippen molar-refractivity contribution in [2.45, 2.75) is 26.4 Å². The highest BCUT2D eigenvalue weighted by Crippen LogP contribution is 2.12. The Kier molecular flexibility index (Phi) is 4.69. The predicted molar refractivity (Wildman–Crippen MR) is 91.6 cm³/mol. The number of rotatable bonds is 5. The molecule has 0 saturated heterocycles. The van der Waals surface area contributed by atoms with Crippen molar-refractivity contribution in [3.05, 3.63) is 51.7 Å². The molecule has 2 aromatic rings. The van der Waals surface area contributed by atoms with Crippen LogP contribution in [0.2, 0.25) is 0 Å². The number of hydrogen-bond acceptors (Lipinski definition) is 4. The van der Waals surface area contributed by atoms with E-state index >= 15 is 0 Å². The zero-order valence-electron chi connectivity index (χ0n) is 14.4. The molecule has 0 saturated carbocycles. The molecule has 0 spiro atoms. The highest BCUT2D eigenvalue weighted by atomic mass is 16.2. The summed E-state index contributed by atoms with van der Waals surface area (Å²) in [7, 11) is 1.73. The largest absolute Gasteiger partial charge is 0.351 e. The minimum atomic E-state index is -0.311. The molecule has 25 heavy (non-hydrogen) atoms. The van der Waals surface area contributed by atoms with Crippen LogP contribution >= 0.6 is 0 Å². The van der Waals surface area contributed by atoms with Crippen LogP contribution in [0.5, 0.6) is 0 Å². The summed E-state index contributed by atoms with van der Waals surface area (Å²) in [5.41, 5.74) is 1.52. The average molecular weight is 343 g/mol. The molecule has 2 amide bonds. The van der Waals surface area contributed by atoms with Crippen LogP contribution in [0, 0.1) is 6.92 Å². The van der Waals surface area contributed by atoms with E-state index in [2.05, 4.69) is 10.4 Å². The van der Waals surface area contributed by atoms with Crippen LogP contribution in [-0.4, -0.2) is 51.2 Å². The second-order valence-corrected chi connectivity index (χ2v) is 6.13. The monoisotopic (exact) mass is 343 g/mol. The first-order valence-electron chi connectivity index (χ1n) is 8.25. The number of nitrogens with one attached hydrogen (secondary N) is 1. The summed E-state index contributed by atoms with van der Waals surface area (Å²) in [6.07, 6.45) is 0.631. The number of aromatic nitrogens is 3. The van der Waals surface area contributed by atoms with Crippen molar-refractivity contribution in [1.29, 1.82) is 0 Å². The van der Waals surface area contributed by atoms with E-state index in [4.69, 9.17) is 0 Å². The van der Waals surface area contributed by atoms with Crippen molar-refractivity contribution in [3.8, 4) is 0 Å². The van der Waals surface area contributed by atoms with E-state index in [0.29, 0.717) is 38.3 Å². The van der Waals surface area contributed by atoms with Crippen LogP contribution in [0.1, 0.15) is 33.1 Å². The van der Waals surface area contributed by atoms with Crippen LogP contribution in [0.4, 0.5) is 0 Å². The summed E-state index contributed by atoms with van der Waals surface area (Å²) in [5.74, 6) is -0.439. The van der Waals surface area contributed by atoms with Crippen molar-refractivity contribution >= 4 is 11.8 Å². The average Bonchev–Trinajstić information content (AvgIpc) is 3.02. The molecule has 3 heterocycles. The maximum atomic E-state index is 12.2. The van der Waals surface area contributed by atoms with Gasteiger partial charge in [-0.25, -0.2) is 0 Å². The zero-order chi connectivity index (χ0) is 18.0. The molecule has 8 heteroatoms. The third-order valence-electron chi connectivity index (χ3n) is 4.34. The van der Waals surface area contributed by atoms with Crippen molar-refractivity contribution in [3.63, 3.8) is 0 Å². The molecule has 8 nitrogen and oxygen atoms in total. The molecule has 0 aromatic carbocycles. The minimum Gasteiger partial charge on any atom is -0.351 e. The Bertz CT molecular complexity index is 867. The predicted octanol–water partition coefficient (Wildman–Crippen LogP) is 0.259. The molecule has 0 fully saturated rings. The highest BCUT2D eigenvalue weighted by Gasteiger charge is 2.25. The maximum Gasteiger partial charge on any atom is 0.271 e. The lowest BCUT2D eigenvalue weighted by molar-refractivity contribution is 0.0742. The molecule has 132 valence electrons. The number of hydrogen-bond donors (Lipinski definition) is 1. The third kappa shape index (κ3) is 3.47. The van der Waals surface area contributed by atoms with Gasteiger partial charge in [-0.1, -0.05) is 6.07 Å². The second kappa shape index (κ2) is 6.92. The van der Waals surface area contributed by atoms with E-state index in [1.54, 1.807) is 27.3 Å². The Balaban J connectivity index is 1.56. The van der Waals surface area contributed by atoms with Gasteiger partial charge in [0.25, 0.3) is 17.4 Å². The molecular formula is C17H21N5O3. The van der Waals surface area contributed by atoms with Crippen LogP contribution in [0.15, 0.2) is 29.1 Å². The molecule has 0 radical (unpaired) electrons. The van der Waals surface area contributed by atoms with Gasteiger partial charge in [-0.3, -0.25) is 19.1 Å². The molecule has 1 aliphatic rings. The second-order valence-electron chi connectivity index (χ2n) is 6.13. The fraction of sp³-hybridized carbons (Fsp3) is 0.412. The number of carbonyl (C=O) groups is 2. The molecule has 1 N–H and O–H groups in total. The Morgan fingerprint density at radius 3 is 2.84 bits per heavy atom. The first-order chi connectivity index (χ1) is 12.0. The van der Waals surface area contributed by atoms with Gasteiger partial charge in [0.05, 0.1) is 6.54 Å². The van der Waals surface area contributed by atoms with E-state index in [0.717, 1.165) is 5.69 Å². The molecular weight excluding hydrogens is 322 g/mol. The van der Waals surface area contributed by atoms with E-state index in [1.165, 1.54) is 12.1 Å². The van der Waals surface area contributed by atoms with Crippen molar-refractivity contribution in [1.82, 2.24) is 24.6 Å². The lowest BCUT2D eigenvalue weighted by Gasteiger charge is -2.22. The normalized spacial score (nSPS) is 13.7. The Labute approximate surface area is 145 Å². The van der Waals surface area contributed by atoms with Gasteiger partial charge in [-0.05, 0) is 19.4 Å². The van der Waals surface area contributed by atoms with E-state index in [-0.39, 0.29) is 23.1 Å². The van der Waals surface area contributed by atoms with Crippen molar-refractivity contribution < 1.29 is 9.59 Å². The van der Waals surface area contributed by atoms with Gasteiger partial charge in [0, 0.05) is 44.5 Å². The Morgan fingerprint density at radius 1 is 1.28 bits per heavy atom. The molecule has 2 aromatic heterocycles. The number of likely N-dealkylation sites (N-methyl/N-ethyl adjacent to an activating group) is 1. The van der Waals surface area contributed by atoms with Crippen LogP contribution in [-0.2, 0) is 13.1 Å². The molecule has 0 unspecified atom stereocenters. The first kappa shape index (κ1) is 16.9. The lowest BCUT2D eigenvalue weighted by Crippen LogP contribution is -2.37. The van der Waals surface area contributed by atoms with Gasteiger partial charge in [-0.2, -0.15) is 5.10 Å². The number of pyridine rings is 1. The number of nitrogens with zero attached hydrogens (tertiary/aromatic N) is 4. The number of fused-ring (bicyclic) bond motifs is 1. The number of carbonyl (C=O) groups excluding carboxylic acids is 2. The fourth-order valence-electron chi connectivity index (χ4n) is 2.85. The zero-order valence-corrected chi connectivity index (χ0v) is 14.4. The molecule has 3 rings (SSSR count). The minimum absolute atomic E-state index is 0.0456. The van der Waals surface area contributed by atoms with Crippen molar-refractivity contribution in [2.24, 2.45) is 0 Å². The Morgan fingerprint density at radius 2 is 2.08 bits per heavy atom. The summed E-state index contributed by atoms with van der Waals surface area (Å²) in [4.78, 5) is 37.6. The summed E-state index contributed by atoms with van der Waals surface area (Å²) in [6.45, 7) is 4.01. The lowest BCUT2D eigenvalue weighted by atomic mass is 10.2. The summed E-state index contributed by atoms with van der Waals surface area (Å²) in [5, 5.41) is 6.99. The standard InChI is InChI=1S/C17H21N5O3/c1-12-5-3-6-15(23)21(12)8-4-7-18-16(24)13-11-14-17(25)20(2)9-10-22(14)19-13/h3,5-6,11H,4,7-10H2,1-2H3,(H,18,24). The highest BCUT2D eigenvalue weighted by molar-refractivity contribution is 5.98. The van der Waals surface area contributed by atoms with E-state index in [9.17, 15) is 14.4 Å². The first-order valence-corrected chi connectivity index (χ1v) is 8.25. The number of amides is 2. The van der Waals surface area contributed by atoms with Gasteiger partial charge in [0.15, 0.2) is 5.69 Å². The van der Waals surface area contributed by atoms with Gasteiger partial charge >= 0.3 is 0 Å². The summed E-state index contributed by atoms with van der Waals surface area (Å²) >= 11 is 0. The summed E-state index contributed by atoms with van der Waals surface area (Å²) in [6, 6.07) is 6.66.